The number of hydrogen-bond donors (Lipinski definition) is 0. The molecule has 0 spiro atoms. The van der Waals surface area contributed by atoms with E-state index in [9.17, 15) is 89.4 Å². The molecular formula is C26H4F16N2O4. The highest BCUT2D eigenvalue weighted by molar-refractivity contribution is 6.06. The van der Waals surface area contributed by atoms with Gasteiger partial charge in [-0.25, -0.2) is 43.9 Å². The first kappa shape index (κ1) is 34.2. The summed E-state index contributed by atoms with van der Waals surface area (Å²) in [5.74, 6) is -27.4. The molecule has 0 saturated heterocycles. The van der Waals surface area contributed by atoms with E-state index >= 15 is 0 Å². The summed E-state index contributed by atoms with van der Waals surface area (Å²) in [5.41, 5.74) is -20.0. The van der Waals surface area contributed by atoms with E-state index in [1.165, 1.54) is 0 Å². The van der Waals surface area contributed by atoms with E-state index in [4.69, 9.17) is 0 Å². The summed E-state index contributed by atoms with van der Waals surface area (Å²) in [4.78, 5) is 52.3. The highest BCUT2D eigenvalue weighted by Gasteiger charge is 2.47. The fourth-order valence-corrected chi connectivity index (χ4v) is 5.08. The third kappa shape index (κ3) is 4.58. The van der Waals surface area contributed by atoms with Gasteiger partial charge in [-0.15, -0.1) is 0 Å². The molecule has 5 rings (SSSR count). The summed E-state index contributed by atoms with van der Waals surface area (Å²) in [6, 6.07) is 0. The lowest BCUT2D eigenvalue weighted by molar-refractivity contribution is -0.137. The molecule has 0 saturated carbocycles. The van der Waals surface area contributed by atoms with Crippen molar-refractivity contribution in [3.05, 3.63) is 122 Å². The maximum absolute atomic E-state index is 14.4. The highest BCUT2D eigenvalue weighted by atomic mass is 19.4. The molecular weight excluding hydrogens is 708 g/mol. The van der Waals surface area contributed by atoms with Gasteiger partial charge in [-0.2, -0.15) is 26.3 Å². The zero-order valence-corrected chi connectivity index (χ0v) is 22.0. The standard InChI is InChI=1S/C26H4F16N2O4/c27-11-3(12(28)16(32)19(35)15(11)31)1-43-21(45)5-6(22(43)46)10(26(40,41)42)8-7(9(5)25(37,38)39)23(47)44(24(8)48)2-4-13(29)17(33)20(36)18(34)14(4)30/h1-2H2. The Labute approximate surface area is 249 Å². The largest absolute Gasteiger partial charge is 0.418 e. The van der Waals surface area contributed by atoms with Crippen molar-refractivity contribution in [3.8, 4) is 0 Å². The Balaban J connectivity index is 1.98. The van der Waals surface area contributed by atoms with Gasteiger partial charge in [0, 0.05) is 11.1 Å². The topological polar surface area (TPSA) is 78.1 Å². The molecule has 0 aliphatic rings. The van der Waals surface area contributed by atoms with Crippen molar-refractivity contribution in [1.82, 2.24) is 9.13 Å². The van der Waals surface area contributed by atoms with E-state index in [0.717, 1.165) is 0 Å². The maximum Gasteiger partial charge on any atom is 0.418 e. The number of halogens is 16. The van der Waals surface area contributed by atoms with Gasteiger partial charge in [0.2, 0.25) is 11.6 Å². The zero-order valence-electron chi connectivity index (χ0n) is 22.0. The van der Waals surface area contributed by atoms with Crippen LogP contribution in [0.3, 0.4) is 0 Å². The van der Waals surface area contributed by atoms with Crippen LogP contribution in [0.15, 0.2) is 19.2 Å². The van der Waals surface area contributed by atoms with Crippen molar-refractivity contribution in [2.24, 2.45) is 0 Å². The predicted octanol–water partition coefficient (Wildman–Crippen LogP) is 5.44. The van der Waals surface area contributed by atoms with Gasteiger partial charge in [0.15, 0.2) is 46.5 Å². The van der Waals surface area contributed by atoms with Crippen molar-refractivity contribution < 1.29 is 70.2 Å². The molecule has 0 amide bonds. The summed E-state index contributed by atoms with van der Waals surface area (Å²) in [6.07, 6.45) is -12.4. The Morgan fingerprint density at radius 2 is 0.542 bits per heavy atom. The van der Waals surface area contributed by atoms with Crippen LogP contribution in [0.5, 0.6) is 0 Å². The summed E-state index contributed by atoms with van der Waals surface area (Å²) in [6.45, 7) is -4.38. The molecule has 254 valence electrons. The summed E-state index contributed by atoms with van der Waals surface area (Å²) in [7, 11) is 0. The normalized spacial score (nSPS) is 12.7. The number of alkyl halides is 6. The minimum absolute atomic E-state index is 0.815. The van der Waals surface area contributed by atoms with Gasteiger partial charge < -0.3 is 0 Å². The molecule has 2 aromatic heterocycles. The van der Waals surface area contributed by atoms with Gasteiger partial charge in [0.1, 0.15) is 0 Å². The molecule has 0 N–H and O–H groups in total. The van der Waals surface area contributed by atoms with Crippen LogP contribution in [0, 0.1) is 58.2 Å². The van der Waals surface area contributed by atoms with E-state index in [1.807, 2.05) is 0 Å². The highest BCUT2D eigenvalue weighted by Crippen LogP contribution is 2.44. The van der Waals surface area contributed by atoms with Crippen LogP contribution in [-0.2, 0) is 25.4 Å². The average molecular weight is 712 g/mol. The van der Waals surface area contributed by atoms with Crippen LogP contribution in [0.1, 0.15) is 22.3 Å². The molecule has 5 aromatic rings. The monoisotopic (exact) mass is 712 g/mol. The van der Waals surface area contributed by atoms with Crippen LogP contribution in [0.4, 0.5) is 70.2 Å². The minimum Gasteiger partial charge on any atom is -0.270 e. The van der Waals surface area contributed by atoms with E-state index in [-0.39, 0.29) is 0 Å². The molecule has 22 heteroatoms. The second-order valence-corrected chi connectivity index (χ2v) is 9.74. The number of hydrogen-bond acceptors (Lipinski definition) is 4. The number of rotatable bonds is 4. The molecule has 0 fully saturated rings. The average Bonchev–Trinajstić information content (AvgIpc) is 3.38. The number of benzene rings is 3. The number of fused-ring (bicyclic) bond motifs is 2. The van der Waals surface area contributed by atoms with Gasteiger partial charge in [-0.3, -0.25) is 28.3 Å². The predicted molar refractivity (Wildman–Crippen MR) is 126 cm³/mol. The van der Waals surface area contributed by atoms with E-state index < -0.39 is 159 Å². The van der Waals surface area contributed by atoms with Crippen LogP contribution in [0.2, 0.25) is 0 Å². The molecule has 3 aromatic carbocycles. The molecule has 0 atom stereocenters. The van der Waals surface area contributed by atoms with Gasteiger partial charge in [0.05, 0.1) is 45.8 Å². The van der Waals surface area contributed by atoms with E-state index in [1.54, 1.807) is 0 Å². The lowest BCUT2D eigenvalue weighted by atomic mass is 9.96. The second-order valence-electron chi connectivity index (χ2n) is 9.74. The maximum atomic E-state index is 14.4. The Kier molecular flexibility index (Phi) is 7.59. The van der Waals surface area contributed by atoms with Crippen molar-refractivity contribution >= 4 is 21.5 Å². The van der Waals surface area contributed by atoms with Crippen molar-refractivity contribution in [2.45, 2.75) is 25.4 Å². The quantitative estimate of drug-likeness (QED) is 0.142. The molecule has 0 aliphatic heterocycles. The zero-order chi connectivity index (χ0) is 36.3. The Bertz CT molecular complexity index is 2160. The van der Waals surface area contributed by atoms with Gasteiger partial charge in [-0.05, 0) is 0 Å². The van der Waals surface area contributed by atoms with Crippen LogP contribution >= 0.6 is 0 Å². The first-order valence-corrected chi connectivity index (χ1v) is 12.1. The van der Waals surface area contributed by atoms with E-state index in [2.05, 4.69) is 0 Å². The summed E-state index contributed by atoms with van der Waals surface area (Å²) < 4.78 is 224. The molecule has 0 bridgehead atoms. The minimum atomic E-state index is -6.22. The first-order valence-electron chi connectivity index (χ1n) is 12.1. The molecule has 0 radical (unpaired) electrons. The Morgan fingerprint density at radius 1 is 0.354 bits per heavy atom. The fourth-order valence-electron chi connectivity index (χ4n) is 5.08. The molecule has 6 nitrogen and oxygen atoms in total. The van der Waals surface area contributed by atoms with Gasteiger partial charge >= 0.3 is 12.4 Å². The van der Waals surface area contributed by atoms with Gasteiger partial charge in [-0.1, -0.05) is 0 Å². The third-order valence-corrected chi connectivity index (χ3v) is 7.14. The lowest BCUT2D eigenvalue weighted by Crippen LogP contribution is -2.29. The Hall–Kier alpha value is -5.18. The molecule has 0 unspecified atom stereocenters. The lowest BCUT2D eigenvalue weighted by Gasteiger charge is -2.13. The fraction of sp³-hybridized carbons (Fsp3) is 0.154. The summed E-state index contributed by atoms with van der Waals surface area (Å²) >= 11 is 0. The Morgan fingerprint density at radius 3 is 0.729 bits per heavy atom. The number of aromatic nitrogens is 2. The molecule has 48 heavy (non-hydrogen) atoms. The smallest absolute Gasteiger partial charge is 0.270 e. The van der Waals surface area contributed by atoms with Crippen LogP contribution < -0.4 is 22.2 Å². The first-order chi connectivity index (χ1) is 22.0. The van der Waals surface area contributed by atoms with Crippen molar-refractivity contribution in [2.75, 3.05) is 0 Å². The van der Waals surface area contributed by atoms with Crippen LogP contribution in [0.25, 0.3) is 21.5 Å². The summed E-state index contributed by atoms with van der Waals surface area (Å²) in [5, 5.41) is -9.60. The van der Waals surface area contributed by atoms with Crippen molar-refractivity contribution in [1.29, 1.82) is 0 Å². The van der Waals surface area contributed by atoms with E-state index in [0.29, 0.717) is 0 Å². The van der Waals surface area contributed by atoms with Crippen molar-refractivity contribution in [3.63, 3.8) is 0 Å². The second kappa shape index (κ2) is 10.7. The molecule has 0 aliphatic carbocycles. The third-order valence-electron chi connectivity index (χ3n) is 7.14. The molecule has 2 heterocycles. The van der Waals surface area contributed by atoms with Crippen LogP contribution in [-0.4, -0.2) is 9.13 Å². The van der Waals surface area contributed by atoms with Gasteiger partial charge in [0.25, 0.3) is 22.2 Å². The SMILES string of the molecule is O=c1c2c(C(F)(F)F)c3c(=O)n(Cc4c(F)c(F)c(F)c(F)c4F)c(=O)c3c(C(F)(F)F)c2c(=O)n1Cc1c(F)c(F)c(F)c(F)c1F. The number of nitrogens with zero attached hydrogens (tertiary/aromatic N) is 2.